The minimum Gasteiger partial charge on any atom is -0.497 e. The minimum atomic E-state index is -1.09. The summed E-state index contributed by atoms with van der Waals surface area (Å²) < 4.78 is 5.13. The average molecular weight is 305 g/mol. The summed E-state index contributed by atoms with van der Waals surface area (Å²) in [6.07, 6.45) is 0.458. The second-order valence-electron chi connectivity index (χ2n) is 4.73. The molecular weight excluding hydrogens is 286 g/mol. The number of ether oxygens (including phenoxy) is 1. The number of thiophene rings is 1. The van der Waals surface area contributed by atoms with E-state index in [2.05, 4.69) is 5.32 Å². The van der Waals surface area contributed by atoms with Crippen LogP contribution in [0.5, 0.6) is 5.75 Å². The zero-order chi connectivity index (χ0) is 15.3. The molecule has 2 N–H and O–H groups in total. The lowest BCUT2D eigenvalue weighted by Gasteiger charge is -2.30. The van der Waals surface area contributed by atoms with E-state index in [1.807, 2.05) is 24.4 Å². The van der Waals surface area contributed by atoms with Gasteiger partial charge in [-0.05, 0) is 35.6 Å². The summed E-state index contributed by atoms with van der Waals surface area (Å²) in [4.78, 5) is 13.0. The van der Waals surface area contributed by atoms with Gasteiger partial charge in [-0.3, -0.25) is 5.32 Å². The van der Waals surface area contributed by atoms with E-state index in [4.69, 9.17) is 4.74 Å². The van der Waals surface area contributed by atoms with Gasteiger partial charge in [-0.2, -0.15) is 0 Å². The van der Waals surface area contributed by atoms with Crippen molar-refractivity contribution >= 4 is 17.3 Å². The Hall–Kier alpha value is -1.85. The molecule has 21 heavy (non-hydrogen) atoms. The molecule has 0 radical (unpaired) electrons. The first-order chi connectivity index (χ1) is 10.1. The van der Waals surface area contributed by atoms with Crippen LogP contribution in [-0.2, 0) is 16.9 Å². The molecule has 0 saturated carbocycles. The van der Waals surface area contributed by atoms with Gasteiger partial charge in [0.2, 0.25) is 0 Å². The highest BCUT2D eigenvalue weighted by Gasteiger charge is 2.38. The number of rotatable bonds is 7. The molecule has 1 aromatic carbocycles. The van der Waals surface area contributed by atoms with E-state index in [1.54, 1.807) is 42.7 Å². The van der Waals surface area contributed by atoms with Crippen molar-refractivity contribution in [1.82, 2.24) is 5.32 Å². The molecule has 0 aliphatic carbocycles. The van der Waals surface area contributed by atoms with Gasteiger partial charge in [0, 0.05) is 11.4 Å². The predicted octanol–water partition coefficient (Wildman–Crippen LogP) is 3.24. The second-order valence-corrected chi connectivity index (χ2v) is 5.76. The number of carboxylic acids is 1. The lowest BCUT2D eigenvalue weighted by Crippen LogP contribution is -2.48. The van der Waals surface area contributed by atoms with Crippen LogP contribution in [0.2, 0.25) is 0 Å². The molecule has 2 aromatic rings. The number of carbonyl (C=O) groups is 1. The number of carboxylic acid groups (broad SMARTS) is 1. The molecule has 5 heteroatoms. The minimum absolute atomic E-state index is 0.458. The SMILES string of the molecule is CCC(NCc1cccs1)(C(=O)O)c1ccc(OC)cc1. The van der Waals surface area contributed by atoms with E-state index in [0.29, 0.717) is 18.7 Å². The van der Waals surface area contributed by atoms with Gasteiger partial charge in [-0.15, -0.1) is 11.3 Å². The number of aliphatic carboxylic acids is 1. The number of benzene rings is 1. The molecule has 0 aliphatic heterocycles. The van der Waals surface area contributed by atoms with Gasteiger partial charge in [-0.25, -0.2) is 4.79 Å². The van der Waals surface area contributed by atoms with E-state index >= 15 is 0 Å². The zero-order valence-electron chi connectivity index (χ0n) is 12.1. The van der Waals surface area contributed by atoms with E-state index in [0.717, 1.165) is 10.4 Å². The van der Waals surface area contributed by atoms with Crippen molar-refractivity contribution in [2.75, 3.05) is 7.11 Å². The number of nitrogens with one attached hydrogen (secondary N) is 1. The van der Waals surface area contributed by atoms with Crippen molar-refractivity contribution in [2.24, 2.45) is 0 Å². The van der Waals surface area contributed by atoms with E-state index < -0.39 is 11.5 Å². The molecule has 112 valence electrons. The van der Waals surface area contributed by atoms with Crippen molar-refractivity contribution in [3.8, 4) is 5.75 Å². The average Bonchev–Trinajstić information content (AvgIpc) is 3.02. The standard InChI is InChI=1S/C16H19NO3S/c1-3-16(15(18)19,17-11-14-5-4-10-21-14)12-6-8-13(20-2)9-7-12/h4-10,17H,3,11H2,1-2H3,(H,18,19). The summed E-state index contributed by atoms with van der Waals surface area (Å²) in [5, 5.41) is 14.9. The molecule has 4 nitrogen and oxygen atoms in total. The smallest absolute Gasteiger partial charge is 0.328 e. The van der Waals surface area contributed by atoms with Crippen molar-refractivity contribution < 1.29 is 14.6 Å². The fraction of sp³-hybridized carbons (Fsp3) is 0.312. The lowest BCUT2D eigenvalue weighted by atomic mass is 9.87. The van der Waals surface area contributed by atoms with Crippen LogP contribution in [0.15, 0.2) is 41.8 Å². The third kappa shape index (κ3) is 3.25. The maximum Gasteiger partial charge on any atom is 0.328 e. The molecule has 1 heterocycles. The van der Waals surface area contributed by atoms with Crippen molar-refractivity contribution in [2.45, 2.75) is 25.4 Å². The third-order valence-corrected chi connectivity index (χ3v) is 4.50. The van der Waals surface area contributed by atoms with Gasteiger partial charge in [0.15, 0.2) is 0 Å². The van der Waals surface area contributed by atoms with Gasteiger partial charge in [0.25, 0.3) is 0 Å². The highest BCUT2D eigenvalue weighted by atomic mass is 32.1. The van der Waals surface area contributed by atoms with Crippen molar-refractivity contribution in [3.63, 3.8) is 0 Å². The molecule has 0 bridgehead atoms. The molecule has 0 spiro atoms. The Balaban J connectivity index is 2.28. The van der Waals surface area contributed by atoms with E-state index in [9.17, 15) is 9.90 Å². The quantitative estimate of drug-likeness (QED) is 0.824. The topological polar surface area (TPSA) is 58.6 Å². The van der Waals surface area contributed by atoms with Crippen LogP contribution < -0.4 is 10.1 Å². The Morgan fingerprint density at radius 1 is 1.33 bits per heavy atom. The van der Waals surface area contributed by atoms with Crippen LogP contribution in [0.1, 0.15) is 23.8 Å². The van der Waals surface area contributed by atoms with E-state index in [1.165, 1.54) is 0 Å². The van der Waals surface area contributed by atoms with Crippen LogP contribution in [0.3, 0.4) is 0 Å². The van der Waals surface area contributed by atoms with Crippen LogP contribution in [0.25, 0.3) is 0 Å². The number of hydrogen-bond acceptors (Lipinski definition) is 4. The van der Waals surface area contributed by atoms with Crippen LogP contribution >= 0.6 is 11.3 Å². The predicted molar refractivity (Wildman–Crippen MR) is 83.8 cm³/mol. The van der Waals surface area contributed by atoms with Gasteiger partial charge >= 0.3 is 5.97 Å². The number of methoxy groups -OCH3 is 1. The normalized spacial score (nSPS) is 13.6. The molecule has 0 saturated heterocycles. The summed E-state index contributed by atoms with van der Waals surface area (Å²) >= 11 is 1.61. The third-order valence-electron chi connectivity index (χ3n) is 3.62. The monoisotopic (exact) mass is 305 g/mol. The fourth-order valence-corrected chi connectivity index (χ4v) is 2.95. The molecule has 0 aliphatic rings. The van der Waals surface area contributed by atoms with Crippen LogP contribution in [-0.4, -0.2) is 18.2 Å². The van der Waals surface area contributed by atoms with Crippen LogP contribution in [0.4, 0.5) is 0 Å². The van der Waals surface area contributed by atoms with Crippen molar-refractivity contribution in [1.29, 1.82) is 0 Å². The molecule has 0 fully saturated rings. The fourth-order valence-electron chi connectivity index (χ4n) is 2.31. The highest BCUT2D eigenvalue weighted by Crippen LogP contribution is 2.28. The maximum absolute atomic E-state index is 11.9. The Kier molecular flexibility index (Phi) is 4.98. The first kappa shape index (κ1) is 15.5. The van der Waals surface area contributed by atoms with Crippen LogP contribution in [0, 0.1) is 0 Å². The van der Waals surface area contributed by atoms with Gasteiger partial charge in [-0.1, -0.05) is 25.1 Å². The summed E-state index contributed by atoms with van der Waals surface area (Å²) in [5.74, 6) is -0.154. The molecule has 1 aromatic heterocycles. The Morgan fingerprint density at radius 3 is 2.52 bits per heavy atom. The molecule has 2 rings (SSSR count). The lowest BCUT2D eigenvalue weighted by molar-refractivity contribution is -0.145. The molecular formula is C16H19NO3S. The molecule has 1 unspecified atom stereocenters. The number of hydrogen-bond donors (Lipinski definition) is 2. The molecule has 0 amide bonds. The summed E-state index contributed by atoms with van der Waals surface area (Å²) in [6.45, 7) is 2.41. The summed E-state index contributed by atoms with van der Waals surface area (Å²) in [5.41, 5.74) is -0.356. The summed E-state index contributed by atoms with van der Waals surface area (Å²) in [7, 11) is 1.59. The van der Waals surface area contributed by atoms with Gasteiger partial charge < -0.3 is 9.84 Å². The molecule has 1 atom stereocenters. The maximum atomic E-state index is 11.9. The Morgan fingerprint density at radius 2 is 2.05 bits per heavy atom. The van der Waals surface area contributed by atoms with Gasteiger partial charge in [0.05, 0.1) is 7.11 Å². The van der Waals surface area contributed by atoms with E-state index in [-0.39, 0.29) is 0 Å². The highest BCUT2D eigenvalue weighted by molar-refractivity contribution is 7.09. The Bertz CT molecular complexity index is 580. The largest absolute Gasteiger partial charge is 0.497 e. The van der Waals surface area contributed by atoms with Crippen molar-refractivity contribution in [3.05, 3.63) is 52.2 Å². The second kappa shape index (κ2) is 6.74. The summed E-state index contributed by atoms with van der Waals surface area (Å²) in [6, 6.07) is 11.1. The zero-order valence-corrected chi connectivity index (χ0v) is 12.9. The van der Waals surface area contributed by atoms with Gasteiger partial charge in [0.1, 0.15) is 11.3 Å². The first-order valence-electron chi connectivity index (χ1n) is 6.77. The first-order valence-corrected chi connectivity index (χ1v) is 7.65. The Labute approximate surface area is 128 Å².